The number of hydrogen-bond acceptors (Lipinski definition) is 3. The van der Waals surface area contributed by atoms with Crippen molar-refractivity contribution in [3.05, 3.63) is 35.8 Å². The van der Waals surface area contributed by atoms with E-state index in [0.29, 0.717) is 5.82 Å². The van der Waals surface area contributed by atoms with Gasteiger partial charge in [0.25, 0.3) is 0 Å². The first kappa shape index (κ1) is 10.7. The number of phenols is 1. The van der Waals surface area contributed by atoms with Crippen molar-refractivity contribution in [2.75, 3.05) is 0 Å². The number of aliphatic hydroxyl groups excluding tert-OH is 1. The molecule has 2 aromatic rings. The minimum Gasteiger partial charge on any atom is -0.508 e. The molecule has 0 saturated heterocycles. The number of nitrogens with zero attached hydrogens (tertiary/aromatic N) is 1. The summed E-state index contributed by atoms with van der Waals surface area (Å²) in [6.45, 7) is 1.93. The van der Waals surface area contributed by atoms with Crippen LogP contribution in [0.2, 0.25) is 0 Å². The number of nitrogens with one attached hydrogen (secondary N) is 1. The zero-order valence-electron chi connectivity index (χ0n) is 9.07. The lowest BCUT2D eigenvalue weighted by Gasteiger charge is -2.00. The van der Waals surface area contributed by atoms with Gasteiger partial charge in [0.05, 0.1) is 5.69 Å². The molecule has 0 aliphatic heterocycles. The monoisotopic (exact) mass is 218 g/mol. The molecule has 16 heavy (non-hydrogen) atoms. The number of aliphatic hydroxyl groups is 1. The maximum atomic E-state index is 9.21. The molecule has 0 bridgehead atoms. The van der Waals surface area contributed by atoms with Crippen LogP contribution in [0.4, 0.5) is 0 Å². The van der Waals surface area contributed by atoms with Gasteiger partial charge in [0.15, 0.2) is 0 Å². The average molecular weight is 218 g/mol. The van der Waals surface area contributed by atoms with E-state index in [1.807, 2.05) is 19.1 Å². The van der Waals surface area contributed by atoms with Crippen molar-refractivity contribution < 1.29 is 10.2 Å². The van der Waals surface area contributed by atoms with E-state index < -0.39 is 0 Å². The van der Waals surface area contributed by atoms with Gasteiger partial charge in [-0.05, 0) is 30.7 Å². The van der Waals surface area contributed by atoms with Gasteiger partial charge >= 0.3 is 0 Å². The number of H-pyrrole nitrogens is 1. The Hall–Kier alpha value is -1.81. The van der Waals surface area contributed by atoms with Crippen LogP contribution in [0.1, 0.15) is 18.4 Å². The molecule has 0 atom stereocenters. The highest BCUT2D eigenvalue weighted by molar-refractivity contribution is 5.63. The summed E-state index contributed by atoms with van der Waals surface area (Å²) in [5.74, 6) is 0.805. The Labute approximate surface area is 93.6 Å². The van der Waals surface area contributed by atoms with Gasteiger partial charge in [-0.15, -0.1) is 0 Å². The molecule has 3 N–H and O–H groups in total. The fraction of sp³-hybridized carbons (Fsp3) is 0.250. The molecule has 0 aliphatic rings. The lowest BCUT2D eigenvalue weighted by molar-refractivity contribution is 0.272. The number of aryl methyl sites for hydroxylation is 1. The quantitative estimate of drug-likeness (QED) is 0.736. The maximum Gasteiger partial charge on any atom is 0.132 e. The Morgan fingerprint density at radius 1 is 1.25 bits per heavy atom. The van der Waals surface area contributed by atoms with Crippen LogP contribution in [-0.4, -0.2) is 20.2 Å². The Morgan fingerprint density at radius 2 is 1.94 bits per heavy atom. The van der Waals surface area contributed by atoms with Crippen LogP contribution < -0.4 is 0 Å². The molecule has 0 aliphatic carbocycles. The third-order valence-corrected chi connectivity index (χ3v) is 2.47. The molecular formula is C12H14N2O2. The summed E-state index contributed by atoms with van der Waals surface area (Å²) in [7, 11) is 0. The van der Waals surface area contributed by atoms with Crippen LogP contribution in [0, 0.1) is 0 Å². The Balaban J connectivity index is 2.45. The van der Waals surface area contributed by atoms with Crippen LogP contribution >= 0.6 is 0 Å². The standard InChI is InChI=1S/C12H14N2O2/c1-2-10-12(14-11(7-15)13-10)8-3-5-9(16)6-4-8/h3-6,15-16H,2,7H2,1H3,(H,13,14). The normalized spacial score (nSPS) is 10.6. The summed E-state index contributed by atoms with van der Waals surface area (Å²) in [5.41, 5.74) is 2.77. The van der Waals surface area contributed by atoms with E-state index in [1.165, 1.54) is 0 Å². The summed E-state index contributed by atoms with van der Waals surface area (Å²) in [5, 5.41) is 18.2. The van der Waals surface area contributed by atoms with Crippen LogP contribution in [0.5, 0.6) is 5.75 Å². The number of rotatable bonds is 3. The molecule has 1 aromatic carbocycles. The molecule has 4 nitrogen and oxygen atoms in total. The van der Waals surface area contributed by atoms with Crippen LogP contribution in [0.3, 0.4) is 0 Å². The molecule has 0 amide bonds. The van der Waals surface area contributed by atoms with Crippen molar-refractivity contribution in [2.24, 2.45) is 0 Å². The zero-order chi connectivity index (χ0) is 11.5. The number of hydrogen-bond donors (Lipinski definition) is 3. The molecular weight excluding hydrogens is 204 g/mol. The van der Waals surface area contributed by atoms with Crippen molar-refractivity contribution in [3.63, 3.8) is 0 Å². The van der Waals surface area contributed by atoms with Crippen molar-refractivity contribution >= 4 is 0 Å². The van der Waals surface area contributed by atoms with Crippen LogP contribution in [0.25, 0.3) is 11.3 Å². The van der Waals surface area contributed by atoms with Gasteiger partial charge < -0.3 is 15.2 Å². The Bertz CT molecular complexity index is 474. The Kier molecular flexibility index (Phi) is 2.92. The molecule has 0 spiro atoms. The third kappa shape index (κ3) is 1.92. The SMILES string of the molecule is CCc1[nH]c(CO)nc1-c1ccc(O)cc1. The fourth-order valence-electron chi connectivity index (χ4n) is 1.65. The minimum atomic E-state index is -0.0922. The van der Waals surface area contributed by atoms with Crippen molar-refractivity contribution in [3.8, 4) is 17.0 Å². The molecule has 1 aromatic heterocycles. The predicted octanol–water partition coefficient (Wildman–Crippen LogP) is 1.84. The van der Waals surface area contributed by atoms with E-state index >= 15 is 0 Å². The maximum absolute atomic E-state index is 9.21. The van der Waals surface area contributed by atoms with Crippen molar-refractivity contribution in [1.29, 1.82) is 0 Å². The average Bonchev–Trinajstić information content (AvgIpc) is 2.73. The van der Waals surface area contributed by atoms with Crippen molar-refractivity contribution in [2.45, 2.75) is 20.0 Å². The summed E-state index contributed by atoms with van der Waals surface area (Å²) in [6.07, 6.45) is 0.823. The second-order valence-electron chi connectivity index (χ2n) is 3.57. The first-order valence-electron chi connectivity index (χ1n) is 5.22. The summed E-state index contributed by atoms with van der Waals surface area (Å²) in [4.78, 5) is 7.38. The van der Waals surface area contributed by atoms with Gasteiger partial charge in [-0.2, -0.15) is 0 Å². The highest BCUT2D eigenvalue weighted by atomic mass is 16.3. The van der Waals surface area contributed by atoms with Gasteiger partial charge in [0.2, 0.25) is 0 Å². The molecule has 2 rings (SSSR count). The van der Waals surface area contributed by atoms with Gasteiger partial charge in [-0.3, -0.25) is 0 Å². The van der Waals surface area contributed by atoms with Crippen LogP contribution in [-0.2, 0) is 13.0 Å². The molecule has 0 unspecified atom stereocenters. The van der Waals surface area contributed by atoms with E-state index in [4.69, 9.17) is 5.11 Å². The van der Waals surface area contributed by atoms with E-state index in [9.17, 15) is 5.11 Å². The second-order valence-corrected chi connectivity index (χ2v) is 3.57. The van der Waals surface area contributed by atoms with E-state index in [0.717, 1.165) is 23.4 Å². The fourth-order valence-corrected chi connectivity index (χ4v) is 1.65. The van der Waals surface area contributed by atoms with E-state index in [2.05, 4.69) is 9.97 Å². The second kappa shape index (κ2) is 4.37. The molecule has 4 heteroatoms. The molecule has 0 radical (unpaired) electrons. The largest absolute Gasteiger partial charge is 0.508 e. The lowest BCUT2D eigenvalue weighted by Crippen LogP contribution is -1.85. The molecule has 0 fully saturated rings. The number of imidazole rings is 1. The molecule has 84 valence electrons. The predicted molar refractivity (Wildman–Crippen MR) is 61.0 cm³/mol. The Morgan fingerprint density at radius 3 is 2.50 bits per heavy atom. The number of aromatic nitrogens is 2. The minimum absolute atomic E-state index is 0.0922. The van der Waals surface area contributed by atoms with Crippen molar-refractivity contribution in [1.82, 2.24) is 9.97 Å². The summed E-state index contributed by atoms with van der Waals surface area (Å²) < 4.78 is 0. The topological polar surface area (TPSA) is 69.1 Å². The highest BCUT2D eigenvalue weighted by Gasteiger charge is 2.10. The van der Waals surface area contributed by atoms with Gasteiger partial charge in [-0.1, -0.05) is 6.92 Å². The number of benzene rings is 1. The smallest absolute Gasteiger partial charge is 0.132 e. The first-order chi connectivity index (χ1) is 7.74. The zero-order valence-corrected chi connectivity index (χ0v) is 9.07. The first-order valence-corrected chi connectivity index (χ1v) is 5.22. The summed E-state index contributed by atoms with van der Waals surface area (Å²) >= 11 is 0. The van der Waals surface area contributed by atoms with Gasteiger partial charge in [0.1, 0.15) is 18.2 Å². The van der Waals surface area contributed by atoms with Crippen LogP contribution in [0.15, 0.2) is 24.3 Å². The lowest BCUT2D eigenvalue weighted by atomic mass is 10.1. The van der Waals surface area contributed by atoms with Gasteiger partial charge in [0, 0.05) is 11.3 Å². The number of aromatic hydroxyl groups is 1. The molecule has 1 heterocycles. The summed E-state index contributed by atoms with van der Waals surface area (Å²) in [6, 6.07) is 6.88. The van der Waals surface area contributed by atoms with E-state index in [-0.39, 0.29) is 12.4 Å². The number of phenolic OH excluding ortho intramolecular Hbond substituents is 1. The number of aromatic amines is 1. The molecule has 0 saturated carbocycles. The third-order valence-electron chi connectivity index (χ3n) is 2.47. The van der Waals surface area contributed by atoms with E-state index in [1.54, 1.807) is 12.1 Å². The highest BCUT2D eigenvalue weighted by Crippen LogP contribution is 2.24. The van der Waals surface area contributed by atoms with Gasteiger partial charge in [-0.25, -0.2) is 4.98 Å².